The molecule has 0 saturated carbocycles. The van der Waals surface area contributed by atoms with Crippen LogP contribution in [0.3, 0.4) is 0 Å². The van der Waals surface area contributed by atoms with Crippen LogP contribution in [0.15, 0.2) is 54.6 Å². The number of nitrogens with zero attached hydrogens (tertiary/aromatic N) is 3. The molecule has 1 saturated heterocycles. The number of amides is 2. The number of rotatable bonds is 5. The summed E-state index contributed by atoms with van der Waals surface area (Å²) < 4.78 is 13.0. The summed E-state index contributed by atoms with van der Waals surface area (Å²) in [6, 6.07) is 15.5. The van der Waals surface area contributed by atoms with Crippen molar-refractivity contribution in [3.8, 4) is 0 Å². The van der Waals surface area contributed by atoms with Crippen LogP contribution in [0.4, 0.5) is 15.2 Å². The Labute approximate surface area is 165 Å². The number of carbonyl (C=O) groups excluding carboxylic acids is 2. The van der Waals surface area contributed by atoms with E-state index in [0.717, 1.165) is 16.3 Å². The molecule has 1 aromatic heterocycles. The van der Waals surface area contributed by atoms with E-state index >= 15 is 0 Å². The Hall–Kier alpha value is -3.13. The highest BCUT2D eigenvalue weighted by Gasteiger charge is 2.35. The van der Waals surface area contributed by atoms with Gasteiger partial charge in [-0.1, -0.05) is 41.7 Å². The second-order valence-corrected chi connectivity index (χ2v) is 7.60. The van der Waals surface area contributed by atoms with Gasteiger partial charge < -0.3 is 10.2 Å². The van der Waals surface area contributed by atoms with E-state index in [-0.39, 0.29) is 24.1 Å². The summed E-state index contributed by atoms with van der Waals surface area (Å²) in [5.74, 6) is -1.03. The molecule has 28 heavy (non-hydrogen) atoms. The predicted molar refractivity (Wildman–Crippen MR) is 105 cm³/mol. The Morgan fingerprint density at radius 2 is 1.89 bits per heavy atom. The molecule has 0 bridgehead atoms. The van der Waals surface area contributed by atoms with Crippen LogP contribution < -0.4 is 10.2 Å². The minimum Gasteiger partial charge on any atom is -0.312 e. The third-order valence-electron chi connectivity index (χ3n) is 4.53. The van der Waals surface area contributed by atoms with E-state index in [1.807, 2.05) is 30.3 Å². The van der Waals surface area contributed by atoms with Crippen molar-refractivity contribution in [2.75, 3.05) is 16.8 Å². The molecule has 1 aliphatic heterocycles. The molecule has 8 heteroatoms. The van der Waals surface area contributed by atoms with Gasteiger partial charge in [-0.2, -0.15) is 0 Å². The number of nitrogens with one attached hydrogen (secondary N) is 1. The van der Waals surface area contributed by atoms with Crippen LogP contribution in [0.2, 0.25) is 0 Å². The fourth-order valence-corrected chi connectivity index (χ4v) is 3.88. The van der Waals surface area contributed by atoms with Crippen LogP contribution in [0.25, 0.3) is 0 Å². The molecule has 1 fully saturated rings. The molecule has 2 amide bonds. The van der Waals surface area contributed by atoms with Gasteiger partial charge >= 0.3 is 0 Å². The number of anilines is 2. The minimum absolute atomic E-state index is 0.0689. The largest absolute Gasteiger partial charge is 0.312 e. The molecule has 0 aliphatic carbocycles. The minimum atomic E-state index is -0.433. The fraction of sp³-hybridized carbons (Fsp3) is 0.200. The molecular weight excluding hydrogens is 379 g/mol. The molecule has 1 unspecified atom stereocenters. The molecule has 2 heterocycles. The zero-order valence-corrected chi connectivity index (χ0v) is 15.7. The summed E-state index contributed by atoms with van der Waals surface area (Å²) in [4.78, 5) is 26.4. The van der Waals surface area contributed by atoms with Crippen molar-refractivity contribution >= 4 is 34.0 Å². The number of aromatic nitrogens is 2. The molecule has 0 radical (unpaired) electrons. The first kappa shape index (κ1) is 18.2. The van der Waals surface area contributed by atoms with Crippen LogP contribution in [-0.4, -0.2) is 28.6 Å². The van der Waals surface area contributed by atoms with Crippen molar-refractivity contribution in [2.24, 2.45) is 5.92 Å². The molecule has 2 aromatic carbocycles. The maximum absolute atomic E-state index is 13.0. The predicted octanol–water partition coefficient (Wildman–Crippen LogP) is 3.26. The van der Waals surface area contributed by atoms with Crippen LogP contribution in [0.1, 0.15) is 17.0 Å². The molecule has 1 atom stereocenters. The Balaban J connectivity index is 1.37. The van der Waals surface area contributed by atoms with E-state index in [9.17, 15) is 14.0 Å². The Kier molecular flexibility index (Phi) is 5.12. The zero-order chi connectivity index (χ0) is 19.5. The first-order valence-corrected chi connectivity index (χ1v) is 9.63. The topological polar surface area (TPSA) is 75.2 Å². The van der Waals surface area contributed by atoms with E-state index in [2.05, 4.69) is 15.5 Å². The van der Waals surface area contributed by atoms with E-state index in [0.29, 0.717) is 18.1 Å². The monoisotopic (exact) mass is 396 g/mol. The van der Waals surface area contributed by atoms with Crippen molar-refractivity contribution in [1.29, 1.82) is 0 Å². The SMILES string of the molecule is O=C(Nc1nnc(Cc2ccc(F)cc2)s1)C1CC(=O)N(c2ccccc2)C1. The second-order valence-electron chi connectivity index (χ2n) is 6.53. The smallest absolute Gasteiger partial charge is 0.231 e. The van der Waals surface area contributed by atoms with Crippen LogP contribution in [-0.2, 0) is 16.0 Å². The van der Waals surface area contributed by atoms with E-state index in [1.165, 1.54) is 23.5 Å². The highest BCUT2D eigenvalue weighted by atomic mass is 32.1. The third-order valence-corrected chi connectivity index (χ3v) is 5.37. The molecule has 142 valence electrons. The highest BCUT2D eigenvalue weighted by molar-refractivity contribution is 7.15. The lowest BCUT2D eigenvalue weighted by Gasteiger charge is -2.16. The summed E-state index contributed by atoms with van der Waals surface area (Å²) in [5.41, 5.74) is 1.70. The van der Waals surface area contributed by atoms with Gasteiger partial charge in [-0.3, -0.25) is 9.59 Å². The van der Waals surface area contributed by atoms with Gasteiger partial charge in [0.15, 0.2) is 0 Å². The van der Waals surface area contributed by atoms with Gasteiger partial charge in [0.1, 0.15) is 10.8 Å². The first-order valence-electron chi connectivity index (χ1n) is 8.81. The molecule has 6 nitrogen and oxygen atoms in total. The quantitative estimate of drug-likeness (QED) is 0.718. The third kappa shape index (κ3) is 4.07. The van der Waals surface area contributed by atoms with Gasteiger partial charge in [-0.15, -0.1) is 10.2 Å². The van der Waals surface area contributed by atoms with Gasteiger partial charge in [0, 0.05) is 25.1 Å². The molecule has 1 aliphatic rings. The highest BCUT2D eigenvalue weighted by Crippen LogP contribution is 2.26. The van der Waals surface area contributed by atoms with Crippen LogP contribution in [0, 0.1) is 11.7 Å². The van der Waals surface area contributed by atoms with Crippen molar-refractivity contribution in [3.63, 3.8) is 0 Å². The van der Waals surface area contributed by atoms with Crippen LogP contribution >= 0.6 is 11.3 Å². The lowest BCUT2D eigenvalue weighted by molar-refractivity contribution is -0.122. The number of para-hydroxylation sites is 1. The number of hydrogen-bond acceptors (Lipinski definition) is 5. The van der Waals surface area contributed by atoms with Gasteiger partial charge in [0.2, 0.25) is 16.9 Å². The number of hydrogen-bond donors (Lipinski definition) is 1. The molecule has 0 spiro atoms. The number of benzene rings is 2. The van der Waals surface area contributed by atoms with Gasteiger partial charge in [-0.05, 0) is 29.8 Å². The van der Waals surface area contributed by atoms with Crippen molar-refractivity contribution in [3.05, 3.63) is 71.0 Å². The summed E-state index contributed by atoms with van der Waals surface area (Å²) in [6.07, 6.45) is 0.680. The Morgan fingerprint density at radius 3 is 2.64 bits per heavy atom. The fourth-order valence-electron chi connectivity index (χ4n) is 3.10. The van der Waals surface area contributed by atoms with Crippen molar-refractivity contribution in [2.45, 2.75) is 12.8 Å². The average molecular weight is 396 g/mol. The molecule has 3 aromatic rings. The zero-order valence-electron chi connectivity index (χ0n) is 14.8. The van der Waals surface area contributed by atoms with Gasteiger partial charge in [0.25, 0.3) is 0 Å². The first-order chi connectivity index (χ1) is 13.6. The number of carbonyl (C=O) groups is 2. The van der Waals surface area contributed by atoms with Gasteiger partial charge in [-0.25, -0.2) is 4.39 Å². The van der Waals surface area contributed by atoms with Crippen molar-refractivity contribution < 1.29 is 14.0 Å². The van der Waals surface area contributed by atoms with Crippen molar-refractivity contribution in [1.82, 2.24) is 10.2 Å². The Morgan fingerprint density at radius 1 is 1.14 bits per heavy atom. The normalized spacial score (nSPS) is 16.4. The summed E-state index contributed by atoms with van der Waals surface area (Å²) in [6.45, 7) is 0.343. The maximum Gasteiger partial charge on any atom is 0.231 e. The Bertz CT molecular complexity index is 991. The molecular formula is C20H17FN4O2S. The van der Waals surface area contributed by atoms with Crippen LogP contribution in [0.5, 0.6) is 0 Å². The van der Waals surface area contributed by atoms with E-state index in [1.54, 1.807) is 17.0 Å². The van der Waals surface area contributed by atoms with E-state index < -0.39 is 5.92 Å². The maximum atomic E-state index is 13.0. The van der Waals surface area contributed by atoms with Gasteiger partial charge in [0.05, 0.1) is 5.92 Å². The summed E-state index contributed by atoms with van der Waals surface area (Å²) >= 11 is 1.27. The summed E-state index contributed by atoms with van der Waals surface area (Å²) in [5, 5.41) is 11.9. The van der Waals surface area contributed by atoms with E-state index in [4.69, 9.17) is 0 Å². The second kappa shape index (κ2) is 7.85. The lowest BCUT2D eigenvalue weighted by Crippen LogP contribution is -2.28. The average Bonchev–Trinajstić information content (AvgIpc) is 3.31. The standard InChI is InChI=1S/C20H17FN4O2S/c21-15-8-6-13(7-9-15)10-17-23-24-20(28-17)22-19(27)14-11-18(26)25(12-14)16-4-2-1-3-5-16/h1-9,14H,10-12H2,(H,22,24,27). The molecule has 1 N–H and O–H groups in total. The molecule has 4 rings (SSSR count). The lowest BCUT2D eigenvalue weighted by atomic mass is 10.1. The summed E-state index contributed by atoms with van der Waals surface area (Å²) in [7, 11) is 0. The number of halogens is 1.